The van der Waals surface area contributed by atoms with Crippen LogP contribution >= 0.6 is 0 Å². The summed E-state index contributed by atoms with van der Waals surface area (Å²) in [5, 5.41) is 9.45. The van der Waals surface area contributed by atoms with Gasteiger partial charge >= 0.3 is 0 Å². The number of hydrogen-bond acceptors (Lipinski definition) is 4. The third-order valence-corrected chi connectivity index (χ3v) is 2.65. The van der Waals surface area contributed by atoms with Crippen LogP contribution in [0, 0.1) is 0 Å². The largest absolute Gasteiger partial charge is 0.349 e. The summed E-state index contributed by atoms with van der Waals surface area (Å²) in [7, 11) is 0. The summed E-state index contributed by atoms with van der Waals surface area (Å²) >= 11 is 0. The predicted molar refractivity (Wildman–Crippen MR) is 69.6 cm³/mol. The first-order valence-corrected chi connectivity index (χ1v) is 6.47. The number of nitrogens with one attached hydrogen (secondary N) is 3. The molecule has 19 heavy (non-hydrogen) atoms. The molecule has 2 heterocycles. The van der Waals surface area contributed by atoms with Crippen LogP contribution in [0.4, 0.5) is 0 Å². The van der Waals surface area contributed by atoms with Crippen LogP contribution in [0.1, 0.15) is 42.0 Å². The molecule has 7 nitrogen and oxygen atoms in total. The fourth-order valence-electron chi connectivity index (χ4n) is 1.72. The molecule has 2 aromatic heterocycles. The van der Waals surface area contributed by atoms with Crippen molar-refractivity contribution in [1.29, 1.82) is 0 Å². The van der Waals surface area contributed by atoms with Crippen molar-refractivity contribution in [2.45, 2.75) is 32.6 Å². The van der Waals surface area contributed by atoms with Crippen molar-refractivity contribution in [3.8, 4) is 0 Å². The van der Waals surface area contributed by atoms with Crippen LogP contribution in [0.25, 0.3) is 0 Å². The molecule has 1 amide bonds. The van der Waals surface area contributed by atoms with Gasteiger partial charge in [-0.1, -0.05) is 6.92 Å². The number of rotatable bonds is 7. The number of nitrogens with zero attached hydrogens (tertiary/aromatic N) is 3. The van der Waals surface area contributed by atoms with Crippen LogP contribution in [-0.2, 0) is 12.8 Å². The molecule has 2 rings (SSSR count). The van der Waals surface area contributed by atoms with E-state index in [9.17, 15) is 4.79 Å². The summed E-state index contributed by atoms with van der Waals surface area (Å²) in [6, 6.07) is 0. The van der Waals surface area contributed by atoms with Crippen molar-refractivity contribution in [3.63, 3.8) is 0 Å². The van der Waals surface area contributed by atoms with E-state index in [0.29, 0.717) is 6.54 Å². The van der Waals surface area contributed by atoms with E-state index in [0.717, 1.165) is 37.3 Å². The van der Waals surface area contributed by atoms with Crippen LogP contribution < -0.4 is 5.32 Å². The minimum absolute atomic E-state index is 0.210. The van der Waals surface area contributed by atoms with Gasteiger partial charge in [-0.15, -0.1) is 5.10 Å². The normalized spacial score (nSPS) is 10.6. The molecule has 0 bridgehead atoms. The van der Waals surface area contributed by atoms with Gasteiger partial charge in [-0.2, -0.15) is 0 Å². The fraction of sp³-hybridized carbons (Fsp3) is 0.500. The third kappa shape index (κ3) is 3.90. The summed E-state index contributed by atoms with van der Waals surface area (Å²) in [5.41, 5.74) is 0. The first-order valence-electron chi connectivity index (χ1n) is 6.47. The van der Waals surface area contributed by atoms with Crippen molar-refractivity contribution in [2.24, 2.45) is 0 Å². The first kappa shape index (κ1) is 13.3. The van der Waals surface area contributed by atoms with Gasteiger partial charge in [-0.05, 0) is 12.8 Å². The number of aromatic nitrogens is 5. The van der Waals surface area contributed by atoms with Crippen molar-refractivity contribution in [2.75, 3.05) is 6.54 Å². The van der Waals surface area contributed by atoms with E-state index < -0.39 is 0 Å². The van der Waals surface area contributed by atoms with Gasteiger partial charge in [0, 0.05) is 31.8 Å². The average molecular weight is 262 g/mol. The maximum atomic E-state index is 11.7. The molecule has 0 spiro atoms. The van der Waals surface area contributed by atoms with Gasteiger partial charge in [-0.3, -0.25) is 9.89 Å². The Bertz CT molecular complexity index is 504. The van der Waals surface area contributed by atoms with E-state index >= 15 is 0 Å². The van der Waals surface area contributed by atoms with E-state index in [1.807, 2.05) is 0 Å². The maximum absolute atomic E-state index is 11.7. The monoisotopic (exact) mass is 262 g/mol. The lowest BCUT2D eigenvalue weighted by atomic mass is 10.3. The van der Waals surface area contributed by atoms with Gasteiger partial charge in [0.15, 0.2) is 0 Å². The number of amides is 1. The molecule has 2 aromatic rings. The number of carbonyl (C=O) groups excluding carboxylic acids is 1. The van der Waals surface area contributed by atoms with Gasteiger partial charge < -0.3 is 10.3 Å². The topological polar surface area (TPSA) is 99.3 Å². The Hall–Kier alpha value is -2.18. The number of imidazole rings is 1. The minimum atomic E-state index is -0.238. The summed E-state index contributed by atoms with van der Waals surface area (Å²) in [6.45, 7) is 2.63. The molecule has 0 aliphatic heterocycles. The molecule has 3 N–H and O–H groups in total. The molecule has 0 saturated heterocycles. The van der Waals surface area contributed by atoms with Crippen molar-refractivity contribution in [3.05, 3.63) is 29.9 Å². The van der Waals surface area contributed by atoms with E-state index in [1.165, 1.54) is 0 Å². The zero-order valence-corrected chi connectivity index (χ0v) is 10.9. The number of hydrogen-bond donors (Lipinski definition) is 3. The summed E-state index contributed by atoms with van der Waals surface area (Å²) in [5.74, 6) is 1.65. The van der Waals surface area contributed by atoms with Gasteiger partial charge in [0.05, 0.1) is 0 Å². The Morgan fingerprint density at radius 1 is 1.37 bits per heavy atom. The third-order valence-electron chi connectivity index (χ3n) is 2.65. The number of H-pyrrole nitrogens is 2. The zero-order valence-electron chi connectivity index (χ0n) is 10.9. The van der Waals surface area contributed by atoms with Gasteiger partial charge in [-0.25, -0.2) is 9.97 Å². The van der Waals surface area contributed by atoms with Crippen LogP contribution in [0.3, 0.4) is 0 Å². The summed E-state index contributed by atoms with van der Waals surface area (Å²) in [6.07, 6.45) is 6.92. The lowest BCUT2D eigenvalue weighted by Gasteiger charge is -2.00. The Kier molecular flexibility index (Phi) is 4.66. The molecule has 0 aromatic carbocycles. The Balaban J connectivity index is 1.71. The molecule has 0 saturated carbocycles. The standard InChI is InChI=1S/C12H18N6O/c1-2-4-10-16-11(18-17-10)12(19)15-6-3-5-9-13-7-8-14-9/h7-8H,2-6H2,1H3,(H,13,14)(H,15,19)(H,16,17,18). The second-order valence-electron chi connectivity index (χ2n) is 4.25. The molecule has 102 valence electrons. The zero-order chi connectivity index (χ0) is 13.5. The van der Waals surface area contributed by atoms with Crippen molar-refractivity contribution < 1.29 is 4.79 Å². The molecule has 0 atom stereocenters. The highest BCUT2D eigenvalue weighted by atomic mass is 16.2. The molecule has 0 fully saturated rings. The fourth-order valence-corrected chi connectivity index (χ4v) is 1.72. The Labute approximate surface area is 111 Å². The Morgan fingerprint density at radius 2 is 2.26 bits per heavy atom. The second-order valence-corrected chi connectivity index (χ2v) is 4.25. The molecule has 0 unspecified atom stereocenters. The van der Waals surface area contributed by atoms with Gasteiger partial charge in [0.2, 0.25) is 5.82 Å². The lowest BCUT2D eigenvalue weighted by Crippen LogP contribution is -2.26. The minimum Gasteiger partial charge on any atom is -0.349 e. The molecule has 0 aliphatic rings. The number of aromatic amines is 2. The number of carbonyl (C=O) groups is 1. The summed E-state index contributed by atoms with van der Waals surface area (Å²) in [4.78, 5) is 23.0. The highest BCUT2D eigenvalue weighted by molar-refractivity contribution is 5.90. The predicted octanol–water partition coefficient (Wildman–Crippen LogP) is 0.843. The average Bonchev–Trinajstić information content (AvgIpc) is 3.06. The molecular formula is C12H18N6O. The maximum Gasteiger partial charge on any atom is 0.290 e. The first-order chi connectivity index (χ1) is 9.29. The smallest absolute Gasteiger partial charge is 0.290 e. The van der Waals surface area contributed by atoms with E-state index in [-0.39, 0.29) is 11.7 Å². The number of aryl methyl sites for hydroxylation is 2. The van der Waals surface area contributed by atoms with Crippen molar-refractivity contribution >= 4 is 5.91 Å². The highest BCUT2D eigenvalue weighted by Crippen LogP contribution is 1.97. The molecular weight excluding hydrogens is 244 g/mol. The summed E-state index contributed by atoms with van der Waals surface area (Å²) < 4.78 is 0. The lowest BCUT2D eigenvalue weighted by molar-refractivity contribution is 0.0943. The highest BCUT2D eigenvalue weighted by Gasteiger charge is 2.11. The Morgan fingerprint density at radius 3 is 3.00 bits per heavy atom. The van der Waals surface area contributed by atoms with Gasteiger partial charge in [0.25, 0.3) is 5.91 Å². The van der Waals surface area contributed by atoms with Crippen LogP contribution in [-0.4, -0.2) is 37.6 Å². The van der Waals surface area contributed by atoms with Gasteiger partial charge in [0.1, 0.15) is 11.6 Å². The van der Waals surface area contributed by atoms with E-state index in [2.05, 4.69) is 37.4 Å². The van der Waals surface area contributed by atoms with E-state index in [1.54, 1.807) is 12.4 Å². The van der Waals surface area contributed by atoms with Crippen LogP contribution in [0.5, 0.6) is 0 Å². The molecule has 7 heteroatoms. The van der Waals surface area contributed by atoms with Crippen LogP contribution in [0.2, 0.25) is 0 Å². The second kappa shape index (κ2) is 6.67. The van der Waals surface area contributed by atoms with Crippen molar-refractivity contribution in [1.82, 2.24) is 30.5 Å². The van der Waals surface area contributed by atoms with E-state index in [4.69, 9.17) is 0 Å². The molecule has 0 radical (unpaired) electrons. The molecule has 0 aliphatic carbocycles. The quantitative estimate of drug-likeness (QED) is 0.644. The van der Waals surface area contributed by atoms with Crippen LogP contribution in [0.15, 0.2) is 12.4 Å². The SMILES string of the molecule is CCCc1nc(C(=O)NCCCc2ncc[nH]2)n[nH]1.